The molecule has 0 fully saturated rings. The van der Waals surface area contributed by atoms with Gasteiger partial charge in [-0.1, -0.05) is 0 Å². The molecule has 0 atom stereocenters. The molecule has 0 bridgehead atoms. The van der Waals surface area contributed by atoms with Crippen LogP contribution in [0.4, 0.5) is 10.1 Å². The van der Waals surface area contributed by atoms with Crippen LogP contribution in [0.15, 0.2) is 48.7 Å². The van der Waals surface area contributed by atoms with Crippen LogP contribution in [0.2, 0.25) is 0 Å². The third-order valence-corrected chi connectivity index (χ3v) is 4.08. The van der Waals surface area contributed by atoms with E-state index in [1.807, 2.05) is 37.4 Å². The van der Waals surface area contributed by atoms with Crippen molar-refractivity contribution in [1.29, 1.82) is 0 Å². The molecule has 0 aliphatic carbocycles. The molecule has 3 rings (SSSR count). The monoisotopic (exact) mass is 357 g/mol. The minimum absolute atomic E-state index is 0.228. The summed E-state index contributed by atoms with van der Waals surface area (Å²) in [4.78, 5) is 3.15. The number of anilines is 1. The zero-order chi connectivity index (χ0) is 17.6. The number of hydrogen-bond donors (Lipinski definition) is 3. The van der Waals surface area contributed by atoms with Gasteiger partial charge in [0, 0.05) is 29.3 Å². The van der Waals surface area contributed by atoms with E-state index in [-0.39, 0.29) is 5.82 Å². The number of aromatic amines is 1. The molecule has 0 aliphatic rings. The number of halogens is 1. The lowest BCUT2D eigenvalue weighted by Crippen LogP contribution is -2.30. The Morgan fingerprint density at radius 1 is 1.20 bits per heavy atom. The van der Waals surface area contributed by atoms with Gasteiger partial charge in [0.1, 0.15) is 11.6 Å². The second-order valence-corrected chi connectivity index (χ2v) is 6.00. The summed E-state index contributed by atoms with van der Waals surface area (Å²) in [5.41, 5.74) is 2.90. The summed E-state index contributed by atoms with van der Waals surface area (Å²) in [7, 11) is 0. The van der Waals surface area contributed by atoms with Gasteiger partial charge in [-0.15, -0.1) is 0 Å². The zero-order valence-corrected chi connectivity index (χ0v) is 14.8. The van der Waals surface area contributed by atoms with E-state index in [1.165, 1.54) is 6.07 Å². The number of benzene rings is 2. The maximum absolute atomic E-state index is 13.4. The Labute approximate surface area is 151 Å². The van der Waals surface area contributed by atoms with Crippen LogP contribution in [0, 0.1) is 5.82 Å². The predicted octanol–water partition coefficient (Wildman–Crippen LogP) is 4.23. The molecule has 0 spiro atoms. The van der Waals surface area contributed by atoms with Crippen molar-refractivity contribution in [1.82, 2.24) is 10.3 Å². The van der Waals surface area contributed by atoms with Crippen molar-refractivity contribution in [2.24, 2.45) is 0 Å². The summed E-state index contributed by atoms with van der Waals surface area (Å²) >= 11 is 5.31. The summed E-state index contributed by atoms with van der Waals surface area (Å²) in [6.07, 6.45) is 2.66. The first-order valence-electron chi connectivity index (χ1n) is 8.19. The molecule has 0 radical (unpaired) electrons. The van der Waals surface area contributed by atoms with E-state index in [2.05, 4.69) is 15.6 Å². The first kappa shape index (κ1) is 17.2. The van der Waals surface area contributed by atoms with Crippen molar-refractivity contribution in [2.75, 3.05) is 18.5 Å². The van der Waals surface area contributed by atoms with E-state index in [9.17, 15) is 4.39 Å². The Kier molecular flexibility index (Phi) is 5.50. The third-order valence-electron chi connectivity index (χ3n) is 3.83. The Bertz CT molecular complexity index is 861. The second kappa shape index (κ2) is 7.98. The first-order chi connectivity index (χ1) is 12.2. The fourth-order valence-corrected chi connectivity index (χ4v) is 2.86. The third kappa shape index (κ3) is 4.48. The van der Waals surface area contributed by atoms with Crippen LogP contribution in [0.5, 0.6) is 5.75 Å². The van der Waals surface area contributed by atoms with Crippen LogP contribution in [0.3, 0.4) is 0 Å². The average Bonchev–Trinajstić information content (AvgIpc) is 2.99. The van der Waals surface area contributed by atoms with Crippen LogP contribution in [-0.4, -0.2) is 23.2 Å². The molecule has 6 heteroatoms. The number of ether oxygens (including phenoxy) is 1. The smallest absolute Gasteiger partial charge is 0.170 e. The van der Waals surface area contributed by atoms with Crippen LogP contribution >= 0.6 is 12.2 Å². The second-order valence-electron chi connectivity index (χ2n) is 5.59. The minimum atomic E-state index is -0.228. The molecule has 4 nitrogen and oxygen atoms in total. The Morgan fingerprint density at radius 2 is 2.00 bits per heavy atom. The van der Waals surface area contributed by atoms with Gasteiger partial charge in [-0.05, 0) is 73.6 Å². The first-order valence-corrected chi connectivity index (χ1v) is 8.60. The van der Waals surface area contributed by atoms with Gasteiger partial charge in [0.2, 0.25) is 0 Å². The van der Waals surface area contributed by atoms with E-state index >= 15 is 0 Å². The summed E-state index contributed by atoms with van der Waals surface area (Å²) in [6.45, 7) is 3.25. The van der Waals surface area contributed by atoms with Gasteiger partial charge >= 0.3 is 0 Å². The minimum Gasteiger partial charge on any atom is -0.494 e. The molecule has 25 heavy (non-hydrogen) atoms. The Morgan fingerprint density at radius 3 is 2.76 bits per heavy atom. The SMILES string of the molecule is CCOc1ccc(NC(=S)NCCc2c[nH]c3ccc(F)cc23)cc1. The molecule has 0 saturated carbocycles. The van der Waals surface area contributed by atoms with Crippen LogP contribution in [0.25, 0.3) is 10.9 Å². The van der Waals surface area contributed by atoms with Crippen LogP contribution < -0.4 is 15.4 Å². The lowest BCUT2D eigenvalue weighted by molar-refractivity contribution is 0.340. The van der Waals surface area contributed by atoms with E-state index in [4.69, 9.17) is 17.0 Å². The van der Waals surface area contributed by atoms with Crippen molar-refractivity contribution in [3.05, 3.63) is 60.0 Å². The summed E-state index contributed by atoms with van der Waals surface area (Å²) in [6, 6.07) is 12.4. The highest BCUT2D eigenvalue weighted by atomic mass is 32.1. The Balaban J connectivity index is 1.51. The Hall–Kier alpha value is -2.60. The highest BCUT2D eigenvalue weighted by Crippen LogP contribution is 2.19. The fraction of sp³-hybridized carbons (Fsp3) is 0.211. The topological polar surface area (TPSA) is 49.1 Å². The van der Waals surface area contributed by atoms with E-state index in [1.54, 1.807) is 12.1 Å². The standard InChI is InChI=1S/C19H20FN3OS/c1-2-24-16-6-4-15(5-7-16)23-19(25)21-10-9-13-12-22-18-8-3-14(20)11-17(13)18/h3-8,11-12,22H,2,9-10H2,1H3,(H2,21,23,25). The molecule has 1 heterocycles. The largest absolute Gasteiger partial charge is 0.494 e. The molecule has 0 amide bonds. The van der Waals surface area contributed by atoms with Gasteiger partial charge < -0.3 is 20.4 Å². The maximum atomic E-state index is 13.4. The van der Waals surface area contributed by atoms with Gasteiger partial charge in [-0.2, -0.15) is 0 Å². The molecule has 130 valence electrons. The van der Waals surface area contributed by atoms with Gasteiger partial charge in [0.15, 0.2) is 5.11 Å². The van der Waals surface area contributed by atoms with Crippen molar-refractivity contribution in [2.45, 2.75) is 13.3 Å². The molecule has 0 aliphatic heterocycles. The van der Waals surface area contributed by atoms with Gasteiger partial charge in [-0.25, -0.2) is 4.39 Å². The number of H-pyrrole nitrogens is 1. The van der Waals surface area contributed by atoms with Gasteiger partial charge in [0.25, 0.3) is 0 Å². The number of nitrogens with one attached hydrogen (secondary N) is 3. The normalized spacial score (nSPS) is 10.6. The number of fused-ring (bicyclic) bond motifs is 1. The summed E-state index contributed by atoms with van der Waals surface area (Å²) < 4.78 is 18.8. The number of hydrogen-bond acceptors (Lipinski definition) is 2. The van der Waals surface area contributed by atoms with Crippen LogP contribution in [0.1, 0.15) is 12.5 Å². The summed E-state index contributed by atoms with van der Waals surface area (Å²) in [5, 5.41) is 7.77. The fourth-order valence-electron chi connectivity index (χ4n) is 2.64. The zero-order valence-electron chi connectivity index (χ0n) is 13.9. The molecule has 0 unspecified atom stereocenters. The number of thiocarbonyl (C=S) groups is 1. The average molecular weight is 357 g/mol. The van der Waals surface area contributed by atoms with Crippen molar-refractivity contribution >= 4 is 33.9 Å². The highest BCUT2D eigenvalue weighted by Gasteiger charge is 2.05. The van der Waals surface area contributed by atoms with Gasteiger partial charge in [0.05, 0.1) is 6.61 Å². The lowest BCUT2D eigenvalue weighted by Gasteiger charge is -2.11. The maximum Gasteiger partial charge on any atom is 0.170 e. The molecule has 3 aromatic rings. The van der Waals surface area contributed by atoms with Crippen molar-refractivity contribution in [3.8, 4) is 5.75 Å². The lowest BCUT2D eigenvalue weighted by atomic mass is 10.1. The summed E-state index contributed by atoms with van der Waals surface area (Å²) in [5.74, 6) is 0.604. The molecule has 3 N–H and O–H groups in total. The number of aromatic nitrogens is 1. The number of rotatable bonds is 6. The van der Waals surface area contributed by atoms with Crippen molar-refractivity contribution in [3.63, 3.8) is 0 Å². The van der Waals surface area contributed by atoms with Crippen LogP contribution in [-0.2, 0) is 6.42 Å². The molecule has 1 aromatic heterocycles. The van der Waals surface area contributed by atoms with E-state index in [0.717, 1.165) is 34.3 Å². The molecule has 2 aromatic carbocycles. The van der Waals surface area contributed by atoms with Crippen molar-refractivity contribution < 1.29 is 9.13 Å². The highest BCUT2D eigenvalue weighted by molar-refractivity contribution is 7.80. The molecular formula is C19H20FN3OS. The quantitative estimate of drug-likeness (QED) is 0.578. The van der Waals surface area contributed by atoms with Gasteiger partial charge in [-0.3, -0.25) is 0 Å². The molecule has 0 saturated heterocycles. The molecular weight excluding hydrogens is 337 g/mol. The van der Waals surface area contributed by atoms with E-state index in [0.29, 0.717) is 18.3 Å². The predicted molar refractivity (Wildman–Crippen MR) is 104 cm³/mol. The van der Waals surface area contributed by atoms with E-state index < -0.39 is 0 Å².